The van der Waals surface area contributed by atoms with Gasteiger partial charge in [-0.3, -0.25) is 4.79 Å². The summed E-state index contributed by atoms with van der Waals surface area (Å²) in [5, 5.41) is 0. The standard InChI is InChI=1S/C17H22N4O4S2/c1-12(22)20-8-13-9-21(7-6-17(13,10-20)11-25-2)27(23,24)15-5-3-4-14-16(15)19-26-18-14/h3-5,13H,6-11H2,1-2H3/t13-,17-/m0/s1. The van der Waals surface area contributed by atoms with Gasteiger partial charge in [-0.15, -0.1) is 0 Å². The van der Waals surface area contributed by atoms with Crippen molar-refractivity contribution < 1.29 is 17.9 Å². The highest BCUT2D eigenvalue weighted by Gasteiger charge is 2.52. The first-order valence-electron chi connectivity index (χ1n) is 8.83. The Bertz CT molecular complexity index is 976. The van der Waals surface area contributed by atoms with Gasteiger partial charge >= 0.3 is 0 Å². The Balaban J connectivity index is 1.65. The van der Waals surface area contributed by atoms with E-state index in [0.29, 0.717) is 50.2 Å². The average molecular weight is 411 g/mol. The van der Waals surface area contributed by atoms with Gasteiger partial charge in [-0.25, -0.2) is 8.42 Å². The van der Waals surface area contributed by atoms with Crippen LogP contribution in [0.25, 0.3) is 11.0 Å². The number of aromatic nitrogens is 2. The largest absolute Gasteiger partial charge is 0.384 e. The number of benzene rings is 1. The van der Waals surface area contributed by atoms with E-state index in [4.69, 9.17) is 4.74 Å². The van der Waals surface area contributed by atoms with Crippen molar-refractivity contribution in [2.24, 2.45) is 11.3 Å². The fourth-order valence-corrected chi connectivity index (χ4v) is 6.60. The summed E-state index contributed by atoms with van der Waals surface area (Å²) in [6, 6.07) is 5.05. The van der Waals surface area contributed by atoms with Crippen molar-refractivity contribution in [3.8, 4) is 0 Å². The number of methoxy groups -OCH3 is 1. The van der Waals surface area contributed by atoms with Crippen LogP contribution in [0.3, 0.4) is 0 Å². The van der Waals surface area contributed by atoms with Gasteiger partial charge < -0.3 is 9.64 Å². The molecular formula is C17H22N4O4S2. The highest BCUT2D eigenvalue weighted by Crippen LogP contribution is 2.44. The normalized spacial score (nSPS) is 26.4. The molecule has 2 aromatic rings. The van der Waals surface area contributed by atoms with Crippen LogP contribution in [-0.4, -0.2) is 72.2 Å². The predicted molar refractivity (Wildman–Crippen MR) is 101 cm³/mol. The molecule has 1 amide bonds. The van der Waals surface area contributed by atoms with Gasteiger partial charge in [0.05, 0.1) is 18.3 Å². The first kappa shape index (κ1) is 18.7. The van der Waals surface area contributed by atoms with Crippen LogP contribution < -0.4 is 0 Å². The second kappa shape index (κ2) is 6.77. The number of likely N-dealkylation sites (tertiary alicyclic amines) is 1. The van der Waals surface area contributed by atoms with Gasteiger partial charge in [0.1, 0.15) is 15.9 Å². The van der Waals surface area contributed by atoms with Crippen molar-refractivity contribution in [2.45, 2.75) is 18.2 Å². The van der Waals surface area contributed by atoms with E-state index >= 15 is 0 Å². The fraction of sp³-hybridized carbons (Fsp3) is 0.588. The van der Waals surface area contributed by atoms with Gasteiger partial charge in [0.2, 0.25) is 15.9 Å². The second-order valence-corrected chi connectivity index (χ2v) is 9.83. The zero-order valence-electron chi connectivity index (χ0n) is 15.3. The number of hydrogen-bond acceptors (Lipinski definition) is 7. The molecule has 1 aromatic heterocycles. The molecule has 1 aromatic carbocycles. The zero-order valence-corrected chi connectivity index (χ0v) is 16.9. The van der Waals surface area contributed by atoms with Crippen molar-refractivity contribution in [3.63, 3.8) is 0 Å². The SMILES string of the molecule is COC[C@@]12CCN(S(=O)(=O)c3cccc4nsnc34)C[C@@H]1CN(C(C)=O)C2. The topological polar surface area (TPSA) is 92.7 Å². The van der Waals surface area contributed by atoms with E-state index in [1.54, 1.807) is 32.2 Å². The minimum atomic E-state index is -3.68. The lowest BCUT2D eigenvalue weighted by molar-refractivity contribution is -0.128. The number of carbonyl (C=O) groups excluding carboxylic acids is 1. The quantitative estimate of drug-likeness (QED) is 0.752. The van der Waals surface area contributed by atoms with E-state index in [2.05, 4.69) is 8.75 Å². The Morgan fingerprint density at radius 1 is 1.37 bits per heavy atom. The van der Waals surface area contributed by atoms with E-state index in [9.17, 15) is 13.2 Å². The van der Waals surface area contributed by atoms with Crippen LogP contribution in [0.2, 0.25) is 0 Å². The summed E-state index contributed by atoms with van der Waals surface area (Å²) in [5.41, 5.74) is 0.837. The molecule has 0 N–H and O–H groups in total. The molecular weight excluding hydrogens is 388 g/mol. The third-order valence-electron chi connectivity index (χ3n) is 5.84. The van der Waals surface area contributed by atoms with Crippen LogP contribution in [0.4, 0.5) is 0 Å². The molecule has 2 atom stereocenters. The molecule has 27 heavy (non-hydrogen) atoms. The van der Waals surface area contributed by atoms with Crippen LogP contribution >= 0.6 is 11.7 Å². The van der Waals surface area contributed by atoms with Crippen LogP contribution in [0.1, 0.15) is 13.3 Å². The van der Waals surface area contributed by atoms with E-state index < -0.39 is 10.0 Å². The van der Waals surface area contributed by atoms with Crippen LogP contribution in [0.5, 0.6) is 0 Å². The van der Waals surface area contributed by atoms with Gasteiger partial charge in [0, 0.05) is 45.6 Å². The minimum Gasteiger partial charge on any atom is -0.384 e. The lowest BCUT2D eigenvalue weighted by Crippen LogP contribution is -2.50. The summed E-state index contributed by atoms with van der Waals surface area (Å²) in [4.78, 5) is 13.9. The number of sulfonamides is 1. The minimum absolute atomic E-state index is 0.0209. The summed E-state index contributed by atoms with van der Waals surface area (Å²) in [5.74, 6) is 0.0743. The molecule has 2 aliphatic heterocycles. The van der Waals surface area contributed by atoms with E-state index in [1.165, 1.54) is 4.31 Å². The Kier molecular flexibility index (Phi) is 4.69. The molecule has 0 spiro atoms. The lowest BCUT2D eigenvalue weighted by Gasteiger charge is -2.42. The maximum atomic E-state index is 13.3. The average Bonchev–Trinajstić information content (AvgIpc) is 3.25. The summed E-state index contributed by atoms with van der Waals surface area (Å²) >= 11 is 1.01. The summed E-state index contributed by atoms with van der Waals surface area (Å²) in [7, 11) is -2.03. The molecule has 0 radical (unpaired) electrons. The number of fused-ring (bicyclic) bond motifs is 2. The first-order chi connectivity index (χ1) is 12.9. The molecule has 2 fully saturated rings. The number of rotatable bonds is 4. The first-order valence-corrected chi connectivity index (χ1v) is 11.0. The maximum absolute atomic E-state index is 13.3. The van der Waals surface area contributed by atoms with E-state index in [-0.39, 0.29) is 22.1 Å². The molecule has 8 nitrogen and oxygen atoms in total. The molecule has 0 aliphatic carbocycles. The number of ether oxygens (including phenoxy) is 1. The molecule has 0 bridgehead atoms. The molecule has 4 rings (SSSR count). The predicted octanol–water partition coefficient (Wildman–Crippen LogP) is 1.20. The number of piperidine rings is 1. The van der Waals surface area contributed by atoms with Gasteiger partial charge in [0.15, 0.2) is 0 Å². The van der Waals surface area contributed by atoms with Crippen molar-refractivity contribution in [1.29, 1.82) is 0 Å². The fourth-order valence-electron chi connectivity index (χ4n) is 4.36. The number of hydrogen-bond donors (Lipinski definition) is 0. The van der Waals surface area contributed by atoms with Gasteiger partial charge in [0.25, 0.3) is 0 Å². The molecule has 10 heteroatoms. The molecule has 2 saturated heterocycles. The highest BCUT2D eigenvalue weighted by atomic mass is 32.2. The Hall–Kier alpha value is -1.62. The number of carbonyl (C=O) groups is 1. The molecule has 0 unspecified atom stereocenters. The number of amides is 1. The van der Waals surface area contributed by atoms with Crippen molar-refractivity contribution in [1.82, 2.24) is 18.0 Å². The van der Waals surface area contributed by atoms with Crippen molar-refractivity contribution in [2.75, 3.05) is 39.9 Å². The lowest BCUT2D eigenvalue weighted by atomic mass is 9.74. The van der Waals surface area contributed by atoms with Crippen LogP contribution in [-0.2, 0) is 19.6 Å². The Labute approximate surface area is 162 Å². The molecule has 146 valence electrons. The highest BCUT2D eigenvalue weighted by molar-refractivity contribution is 7.89. The van der Waals surface area contributed by atoms with Gasteiger partial charge in [-0.2, -0.15) is 13.1 Å². The third kappa shape index (κ3) is 3.04. The molecule has 3 heterocycles. The zero-order chi connectivity index (χ0) is 19.2. The maximum Gasteiger partial charge on any atom is 0.245 e. The molecule has 0 saturated carbocycles. The van der Waals surface area contributed by atoms with Crippen LogP contribution in [0.15, 0.2) is 23.1 Å². The van der Waals surface area contributed by atoms with E-state index in [0.717, 1.165) is 11.7 Å². The van der Waals surface area contributed by atoms with Crippen molar-refractivity contribution >= 4 is 38.7 Å². The third-order valence-corrected chi connectivity index (χ3v) is 8.28. The molecule has 2 aliphatic rings. The monoisotopic (exact) mass is 410 g/mol. The van der Waals surface area contributed by atoms with Crippen LogP contribution in [0, 0.1) is 11.3 Å². The number of nitrogens with zero attached hydrogens (tertiary/aromatic N) is 4. The smallest absolute Gasteiger partial charge is 0.245 e. The van der Waals surface area contributed by atoms with Crippen molar-refractivity contribution in [3.05, 3.63) is 18.2 Å². The summed E-state index contributed by atoms with van der Waals surface area (Å²) in [6.45, 7) is 4.06. The van der Waals surface area contributed by atoms with Gasteiger partial charge in [-0.1, -0.05) is 6.07 Å². The van der Waals surface area contributed by atoms with E-state index in [1.807, 2.05) is 4.90 Å². The Morgan fingerprint density at radius 3 is 2.93 bits per heavy atom. The summed E-state index contributed by atoms with van der Waals surface area (Å²) in [6.07, 6.45) is 0.666. The summed E-state index contributed by atoms with van der Waals surface area (Å²) < 4.78 is 41.9. The second-order valence-electron chi connectivity index (χ2n) is 7.39. The van der Waals surface area contributed by atoms with Gasteiger partial charge in [-0.05, 0) is 24.5 Å². The Morgan fingerprint density at radius 2 is 2.19 bits per heavy atom.